The molecule has 5 heteroatoms. The Hall–Kier alpha value is -1.36. The standard InChI is InChI=1S/C14H21N3OS/c1-9-10(2)19-7-6-17(9)13-5-4-11(8-12(13)15)14(18)16-3/h4-5,8-10H,6-7,15H2,1-3H3,(H,16,18). The third kappa shape index (κ3) is 2.81. The first kappa shape index (κ1) is 14.1. The topological polar surface area (TPSA) is 58.4 Å². The maximum atomic E-state index is 11.6. The van der Waals surface area contributed by atoms with E-state index in [0.717, 1.165) is 18.0 Å². The van der Waals surface area contributed by atoms with Crippen molar-refractivity contribution >= 4 is 29.0 Å². The van der Waals surface area contributed by atoms with Crippen LogP contribution in [0.3, 0.4) is 0 Å². The van der Waals surface area contributed by atoms with Crippen LogP contribution in [0.25, 0.3) is 0 Å². The molecule has 104 valence electrons. The second-order valence-corrected chi connectivity index (χ2v) is 6.35. The first-order chi connectivity index (χ1) is 9.04. The molecule has 0 radical (unpaired) electrons. The van der Waals surface area contributed by atoms with Gasteiger partial charge in [0.1, 0.15) is 0 Å². The molecule has 19 heavy (non-hydrogen) atoms. The van der Waals surface area contributed by atoms with Crippen LogP contribution >= 0.6 is 11.8 Å². The van der Waals surface area contributed by atoms with E-state index in [9.17, 15) is 4.79 Å². The van der Waals surface area contributed by atoms with Crippen LogP contribution in [0.1, 0.15) is 24.2 Å². The normalized spacial score (nSPS) is 23.2. The second-order valence-electron chi connectivity index (χ2n) is 4.86. The molecule has 1 aromatic rings. The molecule has 1 amide bonds. The number of benzene rings is 1. The smallest absolute Gasteiger partial charge is 0.251 e. The van der Waals surface area contributed by atoms with Crippen molar-refractivity contribution in [2.75, 3.05) is 30.0 Å². The van der Waals surface area contributed by atoms with Crippen LogP contribution in [-0.4, -0.2) is 36.5 Å². The molecule has 1 saturated heterocycles. The summed E-state index contributed by atoms with van der Waals surface area (Å²) in [6.07, 6.45) is 0. The van der Waals surface area contributed by atoms with Gasteiger partial charge in [-0.05, 0) is 25.1 Å². The van der Waals surface area contributed by atoms with Crippen molar-refractivity contribution < 1.29 is 4.79 Å². The minimum Gasteiger partial charge on any atom is -0.397 e. The summed E-state index contributed by atoms with van der Waals surface area (Å²) in [5, 5.41) is 3.20. The first-order valence-corrected chi connectivity index (χ1v) is 7.59. The summed E-state index contributed by atoms with van der Waals surface area (Å²) in [4.78, 5) is 13.9. The summed E-state index contributed by atoms with van der Waals surface area (Å²) in [5.41, 5.74) is 8.44. The number of anilines is 2. The predicted molar refractivity (Wildman–Crippen MR) is 83.0 cm³/mol. The Bertz CT molecular complexity index is 478. The van der Waals surface area contributed by atoms with Gasteiger partial charge in [-0.15, -0.1) is 0 Å². The molecule has 0 bridgehead atoms. The lowest BCUT2D eigenvalue weighted by Gasteiger charge is -2.39. The van der Waals surface area contributed by atoms with Gasteiger partial charge in [-0.1, -0.05) is 6.92 Å². The fraction of sp³-hybridized carbons (Fsp3) is 0.500. The lowest BCUT2D eigenvalue weighted by Crippen LogP contribution is -2.45. The van der Waals surface area contributed by atoms with E-state index in [4.69, 9.17) is 5.73 Å². The minimum atomic E-state index is -0.103. The molecule has 3 N–H and O–H groups in total. The molecule has 1 aliphatic heterocycles. The van der Waals surface area contributed by atoms with Crippen molar-refractivity contribution in [3.8, 4) is 0 Å². The zero-order valence-electron chi connectivity index (χ0n) is 11.6. The molecular formula is C14H21N3OS. The highest BCUT2D eigenvalue weighted by Crippen LogP contribution is 2.32. The van der Waals surface area contributed by atoms with Gasteiger partial charge in [0.15, 0.2) is 0 Å². The number of hydrogen-bond acceptors (Lipinski definition) is 4. The highest BCUT2D eigenvalue weighted by molar-refractivity contribution is 8.00. The van der Waals surface area contributed by atoms with Crippen molar-refractivity contribution in [3.63, 3.8) is 0 Å². The maximum absolute atomic E-state index is 11.6. The van der Waals surface area contributed by atoms with Crippen LogP contribution in [0.4, 0.5) is 11.4 Å². The quantitative estimate of drug-likeness (QED) is 0.813. The Morgan fingerprint density at radius 3 is 2.84 bits per heavy atom. The van der Waals surface area contributed by atoms with E-state index in [1.165, 1.54) is 0 Å². The van der Waals surface area contributed by atoms with Crippen LogP contribution in [-0.2, 0) is 0 Å². The van der Waals surface area contributed by atoms with Crippen molar-refractivity contribution in [1.82, 2.24) is 5.32 Å². The van der Waals surface area contributed by atoms with Gasteiger partial charge in [-0.2, -0.15) is 11.8 Å². The Balaban J connectivity index is 2.28. The maximum Gasteiger partial charge on any atom is 0.251 e. The molecule has 2 rings (SSSR count). The van der Waals surface area contributed by atoms with E-state index in [1.807, 2.05) is 23.9 Å². The summed E-state index contributed by atoms with van der Waals surface area (Å²) >= 11 is 2.00. The fourth-order valence-corrected chi connectivity index (χ4v) is 3.47. The van der Waals surface area contributed by atoms with Crippen molar-refractivity contribution in [1.29, 1.82) is 0 Å². The predicted octanol–water partition coefficient (Wildman–Crippen LogP) is 1.96. The van der Waals surface area contributed by atoms with Crippen LogP contribution in [0.2, 0.25) is 0 Å². The summed E-state index contributed by atoms with van der Waals surface area (Å²) in [6, 6.07) is 6.00. The van der Waals surface area contributed by atoms with Crippen molar-refractivity contribution in [2.45, 2.75) is 25.1 Å². The number of carbonyl (C=O) groups excluding carboxylic acids is 1. The SMILES string of the molecule is CNC(=O)c1ccc(N2CCSC(C)C2C)c(N)c1. The molecule has 2 atom stereocenters. The van der Waals surface area contributed by atoms with Gasteiger partial charge in [0.2, 0.25) is 0 Å². The molecule has 0 saturated carbocycles. The number of nitrogens with two attached hydrogens (primary N) is 1. The van der Waals surface area contributed by atoms with E-state index in [2.05, 4.69) is 24.1 Å². The van der Waals surface area contributed by atoms with E-state index in [0.29, 0.717) is 22.5 Å². The molecule has 4 nitrogen and oxygen atoms in total. The van der Waals surface area contributed by atoms with Crippen molar-refractivity contribution in [3.05, 3.63) is 23.8 Å². The van der Waals surface area contributed by atoms with Crippen molar-refractivity contribution in [2.24, 2.45) is 0 Å². The third-order valence-electron chi connectivity index (χ3n) is 3.71. The first-order valence-electron chi connectivity index (χ1n) is 6.54. The molecule has 1 heterocycles. The Morgan fingerprint density at radius 2 is 2.21 bits per heavy atom. The lowest BCUT2D eigenvalue weighted by atomic mass is 10.1. The third-order valence-corrected chi connectivity index (χ3v) is 5.05. The van der Waals surface area contributed by atoms with Gasteiger partial charge >= 0.3 is 0 Å². The van der Waals surface area contributed by atoms with Gasteiger partial charge in [-0.25, -0.2) is 0 Å². The highest BCUT2D eigenvalue weighted by atomic mass is 32.2. The number of nitrogens with zero attached hydrogens (tertiary/aromatic N) is 1. The lowest BCUT2D eigenvalue weighted by molar-refractivity contribution is 0.0963. The van der Waals surface area contributed by atoms with Crippen LogP contribution in [0.15, 0.2) is 18.2 Å². The number of thioether (sulfide) groups is 1. The zero-order chi connectivity index (χ0) is 14.0. The Morgan fingerprint density at radius 1 is 1.47 bits per heavy atom. The minimum absolute atomic E-state index is 0.103. The highest BCUT2D eigenvalue weighted by Gasteiger charge is 2.26. The van der Waals surface area contributed by atoms with E-state index in [1.54, 1.807) is 13.1 Å². The number of carbonyl (C=O) groups is 1. The zero-order valence-corrected chi connectivity index (χ0v) is 12.5. The molecule has 0 spiro atoms. The van der Waals surface area contributed by atoms with Gasteiger partial charge < -0.3 is 16.0 Å². The van der Waals surface area contributed by atoms with E-state index < -0.39 is 0 Å². The number of amides is 1. The Kier molecular flexibility index (Phi) is 4.24. The Labute approximate surface area is 118 Å². The number of hydrogen-bond donors (Lipinski definition) is 2. The fourth-order valence-electron chi connectivity index (χ4n) is 2.37. The number of rotatable bonds is 2. The van der Waals surface area contributed by atoms with Crippen LogP contribution in [0.5, 0.6) is 0 Å². The van der Waals surface area contributed by atoms with Gasteiger partial charge in [0, 0.05) is 36.2 Å². The van der Waals surface area contributed by atoms with Gasteiger partial charge in [0.05, 0.1) is 11.4 Å². The monoisotopic (exact) mass is 279 g/mol. The molecule has 1 aromatic carbocycles. The number of nitrogens with one attached hydrogen (secondary N) is 1. The number of nitrogen functional groups attached to an aromatic ring is 1. The molecule has 1 fully saturated rings. The average molecular weight is 279 g/mol. The summed E-state index contributed by atoms with van der Waals surface area (Å²) in [7, 11) is 1.62. The largest absolute Gasteiger partial charge is 0.397 e. The molecule has 0 aliphatic carbocycles. The van der Waals surface area contributed by atoms with Crippen LogP contribution in [0, 0.1) is 0 Å². The molecular weight excluding hydrogens is 258 g/mol. The van der Waals surface area contributed by atoms with E-state index in [-0.39, 0.29) is 5.91 Å². The van der Waals surface area contributed by atoms with E-state index >= 15 is 0 Å². The van der Waals surface area contributed by atoms with Gasteiger partial charge in [-0.3, -0.25) is 4.79 Å². The molecule has 2 unspecified atom stereocenters. The average Bonchev–Trinajstić information content (AvgIpc) is 2.41. The summed E-state index contributed by atoms with van der Waals surface area (Å²) < 4.78 is 0. The van der Waals surface area contributed by atoms with Crippen LogP contribution < -0.4 is 16.0 Å². The summed E-state index contributed by atoms with van der Waals surface area (Å²) in [5.74, 6) is 1.01. The molecule has 1 aliphatic rings. The van der Waals surface area contributed by atoms with Gasteiger partial charge in [0.25, 0.3) is 5.91 Å². The summed E-state index contributed by atoms with van der Waals surface area (Å²) in [6.45, 7) is 5.47. The molecule has 0 aromatic heterocycles. The second kappa shape index (κ2) is 5.74.